The molecule has 9 heteroatoms. The predicted molar refractivity (Wildman–Crippen MR) is 113 cm³/mol. The monoisotopic (exact) mass is 457 g/mol. The van der Waals surface area contributed by atoms with E-state index in [4.69, 9.17) is 16.3 Å². The fraction of sp³-hybridized carbons (Fsp3) is 0.619. The molecule has 3 unspecified atom stereocenters. The summed E-state index contributed by atoms with van der Waals surface area (Å²) >= 11 is 6.00. The first-order valence-electron chi connectivity index (χ1n) is 10.0. The Labute approximate surface area is 182 Å². The van der Waals surface area contributed by atoms with E-state index in [1.165, 1.54) is 0 Å². The number of carboxylic acid groups (broad SMARTS) is 1. The van der Waals surface area contributed by atoms with Crippen molar-refractivity contribution in [3.63, 3.8) is 0 Å². The van der Waals surface area contributed by atoms with Crippen molar-refractivity contribution in [2.24, 2.45) is 5.92 Å². The molecule has 1 saturated heterocycles. The van der Waals surface area contributed by atoms with Gasteiger partial charge in [-0.25, -0.2) is 8.42 Å². The highest BCUT2D eigenvalue weighted by atomic mass is 35.5. The summed E-state index contributed by atoms with van der Waals surface area (Å²) in [6.45, 7) is 5.05. The van der Waals surface area contributed by atoms with Gasteiger partial charge in [0.05, 0.1) is 29.6 Å². The summed E-state index contributed by atoms with van der Waals surface area (Å²) in [6.07, 6.45) is 0.105. The molecule has 3 atom stereocenters. The Bertz CT molecular complexity index is 904. The first-order valence-corrected chi connectivity index (χ1v) is 12.1. The SMILES string of the molecule is CC(C)(C)S(=O)(=O)CC(C1CC1)N1C(=O)C(CC(=O)O)OCC1c1ccc(Cl)cc1. The van der Waals surface area contributed by atoms with Crippen LogP contribution in [0, 0.1) is 5.92 Å². The number of aliphatic carboxylic acids is 1. The van der Waals surface area contributed by atoms with Gasteiger partial charge in [-0.3, -0.25) is 9.59 Å². The molecule has 1 aliphatic carbocycles. The summed E-state index contributed by atoms with van der Waals surface area (Å²) in [6, 6.07) is 5.97. The number of carboxylic acids is 1. The zero-order chi connectivity index (χ0) is 22.3. The fourth-order valence-electron chi connectivity index (χ4n) is 3.72. The van der Waals surface area contributed by atoms with Gasteiger partial charge in [0, 0.05) is 11.1 Å². The van der Waals surface area contributed by atoms with Crippen molar-refractivity contribution < 1.29 is 27.9 Å². The third kappa shape index (κ3) is 4.98. The van der Waals surface area contributed by atoms with Gasteiger partial charge in [0.15, 0.2) is 9.84 Å². The van der Waals surface area contributed by atoms with Gasteiger partial charge in [-0.2, -0.15) is 0 Å². The van der Waals surface area contributed by atoms with Crippen LogP contribution in [0.2, 0.25) is 5.02 Å². The maximum atomic E-state index is 13.3. The number of nitrogens with zero attached hydrogens (tertiary/aromatic N) is 1. The first kappa shape index (κ1) is 23.0. The van der Waals surface area contributed by atoms with Crippen molar-refractivity contribution in [2.45, 2.75) is 63.0 Å². The second kappa shape index (κ2) is 8.48. The summed E-state index contributed by atoms with van der Waals surface area (Å²) < 4.78 is 30.7. The molecular formula is C21H28ClNO6S. The van der Waals surface area contributed by atoms with Gasteiger partial charge in [0.2, 0.25) is 0 Å². The lowest BCUT2D eigenvalue weighted by Gasteiger charge is -2.44. The lowest BCUT2D eigenvalue weighted by molar-refractivity contribution is -0.169. The largest absolute Gasteiger partial charge is 0.481 e. The third-order valence-electron chi connectivity index (χ3n) is 5.78. The number of carbonyl (C=O) groups is 2. The van der Waals surface area contributed by atoms with Crippen molar-refractivity contribution >= 4 is 33.3 Å². The van der Waals surface area contributed by atoms with Gasteiger partial charge < -0.3 is 14.7 Å². The van der Waals surface area contributed by atoms with Gasteiger partial charge in [-0.15, -0.1) is 0 Å². The molecule has 1 heterocycles. The number of rotatable bonds is 7. The lowest BCUT2D eigenvalue weighted by Crippen LogP contribution is -2.57. The average molecular weight is 458 g/mol. The van der Waals surface area contributed by atoms with Crippen LogP contribution in [0.3, 0.4) is 0 Å². The van der Waals surface area contributed by atoms with Crippen LogP contribution in [-0.2, 0) is 24.2 Å². The van der Waals surface area contributed by atoms with Gasteiger partial charge in [0.25, 0.3) is 5.91 Å². The van der Waals surface area contributed by atoms with E-state index in [0.29, 0.717) is 5.02 Å². The van der Waals surface area contributed by atoms with Crippen molar-refractivity contribution in [3.8, 4) is 0 Å². The summed E-state index contributed by atoms with van der Waals surface area (Å²) in [7, 11) is -3.50. The maximum absolute atomic E-state index is 13.3. The maximum Gasteiger partial charge on any atom is 0.306 e. The molecular weight excluding hydrogens is 430 g/mol. The highest BCUT2D eigenvalue weighted by molar-refractivity contribution is 7.92. The van der Waals surface area contributed by atoms with Gasteiger partial charge >= 0.3 is 5.97 Å². The van der Waals surface area contributed by atoms with E-state index >= 15 is 0 Å². The molecule has 1 aromatic carbocycles. The van der Waals surface area contributed by atoms with E-state index in [9.17, 15) is 23.1 Å². The number of halogens is 1. The van der Waals surface area contributed by atoms with E-state index in [1.54, 1.807) is 49.9 Å². The molecule has 0 aromatic heterocycles. The van der Waals surface area contributed by atoms with E-state index in [2.05, 4.69) is 0 Å². The number of sulfone groups is 1. The standard InChI is InChI=1S/C21H28ClNO6S/c1-21(2,3)30(27,28)12-17(14-4-5-14)23-16(13-6-8-15(22)9-7-13)11-29-18(20(23)26)10-19(24)25/h6-9,14,16-18H,4-5,10-12H2,1-3H3,(H,24,25). The summed E-state index contributed by atoms with van der Waals surface area (Å²) in [5.41, 5.74) is 0.778. The van der Waals surface area contributed by atoms with Crippen LogP contribution in [0.5, 0.6) is 0 Å². The van der Waals surface area contributed by atoms with Crippen LogP contribution in [0.15, 0.2) is 24.3 Å². The Balaban J connectivity index is 2.00. The molecule has 1 N–H and O–H groups in total. The molecule has 166 valence electrons. The molecule has 2 fully saturated rings. The van der Waals surface area contributed by atoms with E-state index in [1.807, 2.05) is 0 Å². The molecule has 1 amide bonds. The van der Waals surface area contributed by atoms with Gasteiger partial charge in [0.1, 0.15) is 6.10 Å². The van der Waals surface area contributed by atoms with Crippen LogP contribution in [-0.4, -0.2) is 59.6 Å². The zero-order valence-electron chi connectivity index (χ0n) is 17.4. The van der Waals surface area contributed by atoms with Crippen molar-refractivity contribution in [1.82, 2.24) is 4.90 Å². The molecule has 0 bridgehead atoms. The van der Waals surface area contributed by atoms with Crippen molar-refractivity contribution in [1.29, 1.82) is 0 Å². The molecule has 1 aliphatic heterocycles. The topological polar surface area (TPSA) is 101 Å². The smallest absolute Gasteiger partial charge is 0.306 e. The van der Waals surface area contributed by atoms with Crippen LogP contribution < -0.4 is 0 Å². The number of hydrogen-bond acceptors (Lipinski definition) is 5. The minimum absolute atomic E-state index is 0.0736. The Kier molecular flexibility index (Phi) is 6.51. The summed E-state index contributed by atoms with van der Waals surface area (Å²) in [4.78, 5) is 26.1. The van der Waals surface area contributed by atoms with Gasteiger partial charge in [-0.05, 0) is 57.2 Å². The number of amides is 1. The summed E-state index contributed by atoms with van der Waals surface area (Å²) in [5, 5.41) is 9.72. The number of ether oxygens (including phenoxy) is 1. The second-order valence-corrected chi connectivity index (χ2v) is 12.3. The van der Waals surface area contributed by atoms with Gasteiger partial charge in [-0.1, -0.05) is 23.7 Å². The Morgan fingerprint density at radius 2 is 1.87 bits per heavy atom. The Morgan fingerprint density at radius 1 is 1.27 bits per heavy atom. The number of carbonyl (C=O) groups excluding carboxylic acids is 1. The van der Waals surface area contributed by atoms with E-state index in [0.717, 1.165) is 18.4 Å². The van der Waals surface area contributed by atoms with Crippen LogP contribution in [0.4, 0.5) is 0 Å². The fourth-order valence-corrected chi connectivity index (χ4v) is 5.23. The van der Waals surface area contributed by atoms with Crippen LogP contribution in [0.25, 0.3) is 0 Å². The molecule has 1 aromatic rings. The molecule has 2 aliphatic rings. The van der Waals surface area contributed by atoms with Crippen molar-refractivity contribution in [2.75, 3.05) is 12.4 Å². The van der Waals surface area contributed by atoms with Crippen LogP contribution in [0.1, 0.15) is 51.6 Å². The second-order valence-electron chi connectivity index (χ2n) is 9.03. The molecule has 7 nitrogen and oxygen atoms in total. The minimum Gasteiger partial charge on any atom is -0.481 e. The number of benzene rings is 1. The number of hydrogen-bond donors (Lipinski definition) is 1. The Hall–Kier alpha value is -1.64. The highest BCUT2D eigenvalue weighted by Crippen LogP contribution is 2.42. The minimum atomic E-state index is -3.50. The zero-order valence-corrected chi connectivity index (χ0v) is 18.9. The predicted octanol–water partition coefficient (Wildman–Crippen LogP) is 3.08. The third-order valence-corrected chi connectivity index (χ3v) is 8.68. The highest BCUT2D eigenvalue weighted by Gasteiger charge is 2.48. The molecule has 3 rings (SSSR count). The van der Waals surface area contributed by atoms with E-state index in [-0.39, 0.29) is 18.3 Å². The van der Waals surface area contributed by atoms with Crippen molar-refractivity contribution in [3.05, 3.63) is 34.9 Å². The summed E-state index contributed by atoms with van der Waals surface area (Å²) in [5.74, 6) is -1.69. The quantitative estimate of drug-likeness (QED) is 0.675. The van der Waals surface area contributed by atoms with E-state index < -0.39 is 51.1 Å². The Morgan fingerprint density at radius 3 is 2.37 bits per heavy atom. The number of morpholine rings is 1. The molecule has 1 saturated carbocycles. The molecule has 0 spiro atoms. The molecule has 0 radical (unpaired) electrons. The molecule has 30 heavy (non-hydrogen) atoms. The first-order chi connectivity index (χ1) is 13.9. The normalized spacial score (nSPS) is 24.0. The lowest BCUT2D eigenvalue weighted by atomic mass is 9.98. The average Bonchev–Trinajstić information content (AvgIpc) is 3.46. The van der Waals surface area contributed by atoms with Crippen LogP contribution >= 0.6 is 11.6 Å².